The van der Waals surface area contributed by atoms with Gasteiger partial charge in [-0.1, -0.05) is 6.07 Å². The van der Waals surface area contributed by atoms with E-state index in [4.69, 9.17) is 0 Å². The van der Waals surface area contributed by atoms with Gasteiger partial charge in [0.1, 0.15) is 17.5 Å². The molecule has 0 aliphatic carbocycles. The summed E-state index contributed by atoms with van der Waals surface area (Å²) in [6.45, 7) is 5.23. The highest BCUT2D eigenvalue weighted by atomic mass is 16.2. The van der Waals surface area contributed by atoms with Gasteiger partial charge in [-0.2, -0.15) is 0 Å². The maximum absolute atomic E-state index is 12.1. The highest BCUT2D eigenvalue weighted by molar-refractivity contribution is 5.77. The molecule has 0 spiro atoms. The molecule has 0 aromatic carbocycles. The molecule has 1 aliphatic heterocycles. The first kappa shape index (κ1) is 18.3. The average molecular weight is 354 g/mol. The molecular formula is C19H26N6O. The van der Waals surface area contributed by atoms with Crippen molar-refractivity contribution in [2.24, 2.45) is 0 Å². The highest BCUT2D eigenvalue weighted by Crippen LogP contribution is 2.32. The van der Waals surface area contributed by atoms with E-state index in [0.717, 1.165) is 42.3 Å². The molecule has 0 radical (unpaired) electrons. The molecule has 7 nitrogen and oxygen atoms in total. The Hall–Kier alpha value is -2.54. The predicted octanol–water partition coefficient (Wildman–Crippen LogP) is 2.46. The summed E-state index contributed by atoms with van der Waals surface area (Å²) in [5.41, 5.74) is 2.02. The van der Waals surface area contributed by atoms with Gasteiger partial charge in [0, 0.05) is 26.4 Å². The van der Waals surface area contributed by atoms with Crippen LogP contribution in [0.3, 0.4) is 0 Å². The number of carbonyl (C=O) groups is 1. The Labute approximate surface area is 154 Å². The second-order valence-electron chi connectivity index (χ2n) is 6.94. The summed E-state index contributed by atoms with van der Waals surface area (Å²) in [6, 6.07) is 6.04. The Bertz CT molecular complexity index is 791. The molecule has 1 amide bonds. The second kappa shape index (κ2) is 7.78. The zero-order valence-electron chi connectivity index (χ0n) is 15.9. The van der Waals surface area contributed by atoms with Crippen LogP contribution in [0.5, 0.6) is 0 Å². The topological polar surface area (TPSA) is 74.2 Å². The van der Waals surface area contributed by atoms with Gasteiger partial charge < -0.3 is 10.2 Å². The maximum atomic E-state index is 12.1. The Kier molecular flexibility index (Phi) is 5.46. The number of nitrogens with one attached hydrogen (secondary N) is 1. The minimum absolute atomic E-state index is 0.116. The molecule has 3 rings (SSSR count). The SMILES string of the molecule is Cc1nc(Nc2ncccc2C)cc([C@@H]2CCCN2CC(=O)N(C)C)n1. The molecule has 0 saturated carbocycles. The van der Waals surface area contributed by atoms with Gasteiger partial charge in [-0.05, 0) is 44.9 Å². The monoisotopic (exact) mass is 354 g/mol. The fourth-order valence-corrected chi connectivity index (χ4v) is 3.23. The number of pyridine rings is 1. The summed E-state index contributed by atoms with van der Waals surface area (Å²) in [5.74, 6) is 2.36. The minimum atomic E-state index is 0.116. The third-order valence-corrected chi connectivity index (χ3v) is 4.66. The predicted molar refractivity (Wildman–Crippen MR) is 101 cm³/mol. The number of rotatable bonds is 5. The standard InChI is InChI=1S/C19H26N6O/c1-13-7-5-9-20-19(13)23-17-11-15(21-14(2)22-17)16-8-6-10-25(16)12-18(26)24(3)4/h5,7,9,11,16H,6,8,10,12H2,1-4H3,(H,20,21,22,23)/t16-/m0/s1. The number of hydrogen-bond acceptors (Lipinski definition) is 6. The van der Waals surface area contributed by atoms with Gasteiger partial charge in [-0.3, -0.25) is 9.69 Å². The van der Waals surface area contributed by atoms with Crippen LogP contribution in [0.4, 0.5) is 11.6 Å². The number of amides is 1. The Morgan fingerprint density at radius 3 is 2.88 bits per heavy atom. The van der Waals surface area contributed by atoms with Crippen molar-refractivity contribution in [1.29, 1.82) is 0 Å². The molecule has 1 fully saturated rings. The van der Waals surface area contributed by atoms with E-state index in [9.17, 15) is 4.79 Å². The number of carbonyl (C=O) groups excluding carboxylic acids is 1. The molecule has 1 atom stereocenters. The average Bonchev–Trinajstić information content (AvgIpc) is 3.04. The number of aryl methyl sites for hydroxylation is 2. The Balaban J connectivity index is 1.82. The molecule has 0 unspecified atom stereocenters. The zero-order chi connectivity index (χ0) is 18.7. The number of hydrogen-bond donors (Lipinski definition) is 1. The van der Waals surface area contributed by atoms with E-state index in [1.807, 2.05) is 32.0 Å². The van der Waals surface area contributed by atoms with Gasteiger partial charge in [-0.15, -0.1) is 0 Å². The van der Waals surface area contributed by atoms with Crippen LogP contribution in [0.15, 0.2) is 24.4 Å². The van der Waals surface area contributed by atoms with Gasteiger partial charge in [0.05, 0.1) is 18.3 Å². The van der Waals surface area contributed by atoms with E-state index in [-0.39, 0.29) is 11.9 Å². The van der Waals surface area contributed by atoms with Crippen LogP contribution in [0.25, 0.3) is 0 Å². The lowest BCUT2D eigenvalue weighted by Gasteiger charge is -2.25. The highest BCUT2D eigenvalue weighted by Gasteiger charge is 2.29. The molecule has 3 heterocycles. The first-order valence-corrected chi connectivity index (χ1v) is 8.92. The van der Waals surface area contributed by atoms with Crippen LogP contribution in [0, 0.1) is 13.8 Å². The van der Waals surface area contributed by atoms with Crippen molar-refractivity contribution < 1.29 is 4.79 Å². The van der Waals surface area contributed by atoms with Crippen LogP contribution in [0.2, 0.25) is 0 Å². The molecule has 7 heteroatoms. The van der Waals surface area contributed by atoms with Crippen molar-refractivity contribution in [3.05, 3.63) is 41.5 Å². The van der Waals surface area contributed by atoms with E-state index in [2.05, 4.69) is 25.2 Å². The summed E-state index contributed by atoms with van der Waals surface area (Å²) in [7, 11) is 3.58. The number of anilines is 2. The van der Waals surface area contributed by atoms with Gasteiger partial charge in [0.2, 0.25) is 5.91 Å². The van der Waals surface area contributed by atoms with Crippen molar-refractivity contribution in [3.8, 4) is 0 Å². The lowest BCUT2D eigenvalue weighted by Crippen LogP contribution is -2.36. The molecule has 26 heavy (non-hydrogen) atoms. The van der Waals surface area contributed by atoms with Gasteiger partial charge in [0.25, 0.3) is 0 Å². The number of aromatic nitrogens is 3. The maximum Gasteiger partial charge on any atom is 0.236 e. The van der Waals surface area contributed by atoms with Crippen molar-refractivity contribution in [2.45, 2.75) is 32.7 Å². The summed E-state index contributed by atoms with van der Waals surface area (Å²) >= 11 is 0. The first-order chi connectivity index (χ1) is 12.4. The van der Waals surface area contributed by atoms with Crippen LogP contribution < -0.4 is 5.32 Å². The van der Waals surface area contributed by atoms with Crippen molar-refractivity contribution >= 4 is 17.5 Å². The molecule has 1 aliphatic rings. The number of likely N-dealkylation sites (tertiary alicyclic amines) is 1. The van der Waals surface area contributed by atoms with E-state index in [1.54, 1.807) is 25.2 Å². The molecule has 2 aromatic rings. The molecule has 138 valence electrons. The largest absolute Gasteiger partial charge is 0.348 e. The molecule has 1 N–H and O–H groups in total. The van der Waals surface area contributed by atoms with Crippen LogP contribution in [-0.2, 0) is 4.79 Å². The van der Waals surface area contributed by atoms with Crippen molar-refractivity contribution in [1.82, 2.24) is 24.8 Å². The quantitative estimate of drug-likeness (QED) is 0.889. The normalized spacial score (nSPS) is 17.3. The Morgan fingerprint density at radius 2 is 2.15 bits per heavy atom. The number of likely N-dealkylation sites (N-methyl/N-ethyl adjacent to an activating group) is 1. The van der Waals surface area contributed by atoms with E-state index in [1.165, 1.54) is 0 Å². The van der Waals surface area contributed by atoms with Crippen molar-refractivity contribution in [2.75, 3.05) is 32.5 Å². The molecule has 0 bridgehead atoms. The lowest BCUT2D eigenvalue weighted by atomic mass is 10.1. The lowest BCUT2D eigenvalue weighted by molar-refractivity contribution is -0.130. The third kappa shape index (κ3) is 4.16. The van der Waals surface area contributed by atoms with E-state index >= 15 is 0 Å². The molecular weight excluding hydrogens is 328 g/mol. The molecule has 2 aromatic heterocycles. The minimum Gasteiger partial charge on any atom is -0.348 e. The Morgan fingerprint density at radius 1 is 1.35 bits per heavy atom. The molecule has 1 saturated heterocycles. The van der Waals surface area contributed by atoms with Gasteiger partial charge >= 0.3 is 0 Å². The second-order valence-corrected chi connectivity index (χ2v) is 6.94. The van der Waals surface area contributed by atoms with Gasteiger partial charge in [-0.25, -0.2) is 15.0 Å². The number of nitrogens with zero attached hydrogens (tertiary/aromatic N) is 5. The van der Waals surface area contributed by atoms with Crippen molar-refractivity contribution in [3.63, 3.8) is 0 Å². The smallest absolute Gasteiger partial charge is 0.236 e. The fourth-order valence-electron chi connectivity index (χ4n) is 3.23. The van der Waals surface area contributed by atoms with E-state index in [0.29, 0.717) is 12.4 Å². The van der Waals surface area contributed by atoms with E-state index < -0.39 is 0 Å². The summed E-state index contributed by atoms with van der Waals surface area (Å²) in [6.07, 6.45) is 3.83. The summed E-state index contributed by atoms with van der Waals surface area (Å²) < 4.78 is 0. The third-order valence-electron chi connectivity index (χ3n) is 4.66. The summed E-state index contributed by atoms with van der Waals surface area (Å²) in [4.78, 5) is 29.5. The summed E-state index contributed by atoms with van der Waals surface area (Å²) in [5, 5.41) is 3.29. The van der Waals surface area contributed by atoms with Crippen LogP contribution >= 0.6 is 0 Å². The fraction of sp³-hybridized carbons (Fsp3) is 0.474. The first-order valence-electron chi connectivity index (χ1n) is 8.92. The van der Waals surface area contributed by atoms with Crippen LogP contribution in [0.1, 0.15) is 36.0 Å². The van der Waals surface area contributed by atoms with Gasteiger partial charge in [0.15, 0.2) is 0 Å². The zero-order valence-corrected chi connectivity index (χ0v) is 15.9. The van der Waals surface area contributed by atoms with Crippen LogP contribution in [-0.4, -0.2) is 57.8 Å².